The third-order valence-corrected chi connectivity index (χ3v) is 2.65. The van der Waals surface area contributed by atoms with Gasteiger partial charge in [-0.15, -0.1) is 0 Å². The monoisotopic (exact) mass is 217 g/mol. The number of carboxylic acids is 2. The SMILES string of the molecule is CCCC(C)(C)C(C(=O)O)[C@H](N)C(=O)O. The summed E-state index contributed by atoms with van der Waals surface area (Å²) in [6.07, 6.45) is 1.42. The lowest BCUT2D eigenvalue weighted by Gasteiger charge is -2.33. The van der Waals surface area contributed by atoms with Crippen LogP contribution in [0, 0.1) is 11.3 Å². The van der Waals surface area contributed by atoms with Crippen LogP contribution in [0.4, 0.5) is 0 Å². The lowest BCUT2D eigenvalue weighted by molar-refractivity contribution is -0.154. The molecule has 0 spiro atoms. The second kappa shape index (κ2) is 5.11. The van der Waals surface area contributed by atoms with Gasteiger partial charge in [-0.05, 0) is 11.8 Å². The van der Waals surface area contributed by atoms with E-state index in [-0.39, 0.29) is 0 Å². The van der Waals surface area contributed by atoms with Gasteiger partial charge in [0.1, 0.15) is 6.04 Å². The molecule has 0 rings (SSSR count). The summed E-state index contributed by atoms with van der Waals surface area (Å²) in [5.74, 6) is -3.48. The van der Waals surface area contributed by atoms with E-state index in [2.05, 4.69) is 0 Å². The summed E-state index contributed by atoms with van der Waals surface area (Å²) < 4.78 is 0. The fourth-order valence-electron chi connectivity index (χ4n) is 1.92. The highest BCUT2D eigenvalue weighted by Crippen LogP contribution is 2.34. The Hall–Kier alpha value is -1.10. The van der Waals surface area contributed by atoms with Crippen molar-refractivity contribution in [1.29, 1.82) is 0 Å². The number of nitrogens with two attached hydrogens (primary N) is 1. The Kier molecular flexibility index (Phi) is 4.74. The molecule has 0 aromatic heterocycles. The van der Waals surface area contributed by atoms with Gasteiger partial charge in [0.15, 0.2) is 0 Å². The summed E-state index contributed by atoms with van der Waals surface area (Å²) >= 11 is 0. The molecule has 0 saturated carbocycles. The molecular weight excluding hydrogens is 198 g/mol. The number of hydrogen-bond acceptors (Lipinski definition) is 3. The summed E-state index contributed by atoms with van der Waals surface area (Å²) in [4.78, 5) is 21.7. The van der Waals surface area contributed by atoms with Crippen LogP contribution in [0.5, 0.6) is 0 Å². The average molecular weight is 217 g/mol. The van der Waals surface area contributed by atoms with E-state index in [1.54, 1.807) is 13.8 Å². The number of hydrogen-bond donors (Lipinski definition) is 3. The zero-order valence-corrected chi connectivity index (χ0v) is 9.36. The van der Waals surface area contributed by atoms with Crippen LogP contribution >= 0.6 is 0 Å². The topological polar surface area (TPSA) is 101 Å². The highest BCUT2D eigenvalue weighted by molar-refractivity contribution is 5.83. The van der Waals surface area contributed by atoms with Crippen molar-refractivity contribution in [3.63, 3.8) is 0 Å². The second-order valence-corrected chi connectivity index (χ2v) is 4.42. The number of carboxylic acid groups (broad SMARTS) is 2. The molecule has 5 nitrogen and oxygen atoms in total. The van der Waals surface area contributed by atoms with Gasteiger partial charge < -0.3 is 15.9 Å². The van der Waals surface area contributed by atoms with Crippen molar-refractivity contribution in [2.24, 2.45) is 17.1 Å². The van der Waals surface area contributed by atoms with Crippen molar-refractivity contribution >= 4 is 11.9 Å². The Morgan fingerprint density at radius 1 is 1.27 bits per heavy atom. The van der Waals surface area contributed by atoms with E-state index in [0.29, 0.717) is 6.42 Å². The van der Waals surface area contributed by atoms with Crippen molar-refractivity contribution in [1.82, 2.24) is 0 Å². The Morgan fingerprint density at radius 3 is 2.00 bits per heavy atom. The molecular formula is C10H19NO4. The highest BCUT2D eigenvalue weighted by Gasteiger charge is 2.42. The minimum absolute atomic E-state index is 0.613. The maximum absolute atomic E-state index is 11.0. The summed E-state index contributed by atoms with van der Waals surface area (Å²) in [6.45, 7) is 5.39. The van der Waals surface area contributed by atoms with E-state index in [0.717, 1.165) is 6.42 Å². The molecule has 0 radical (unpaired) electrons. The van der Waals surface area contributed by atoms with Crippen molar-refractivity contribution in [2.75, 3.05) is 0 Å². The molecule has 0 aliphatic carbocycles. The predicted molar refractivity (Wildman–Crippen MR) is 55.4 cm³/mol. The Bertz CT molecular complexity index is 250. The van der Waals surface area contributed by atoms with Crippen LogP contribution in [0.2, 0.25) is 0 Å². The van der Waals surface area contributed by atoms with E-state index >= 15 is 0 Å². The minimum Gasteiger partial charge on any atom is -0.481 e. The van der Waals surface area contributed by atoms with Gasteiger partial charge in [0.25, 0.3) is 0 Å². The highest BCUT2D eigenvalue weighted by atomic mass is 16.4. The van der Waals surface area contributed by atoms with Gasteiger partial charge in [0.05, 0.1) is 5.92 Å². The summed E-state index contributed by atoms with van der Waals surface area (Å²) in [6, 6.07) is -1.36. The Balaban J connectivity index is 4.96. The van der Waals surface area contributed by atoms with E-state index in [1.165, 1.54) is 0 Å². The molecule has 2 atom stereocenters. The molecule has 0 aromatic carbocycles. The van der Waals surface area contributed by atoms with Gasteiger partial charge in [0.2, 0.25) is 0 Å². The fourth-order valence-corrected chi connectivity index (χ4v) is 1.92. The molecule has 0 fully saturated rings. The van der Waals surface area contributed by atoms with Gasteiger partial charge in [-0.2, -0.15) is 0 Å². The standard InChI is InChI=1S/C10H19NO4/c1-4-5-10(2,3)6(8(12)13)7(11)9(14)15/h6-7H,4-5,11H2,1-3H3,(H,12,13)(H,14,15)/t6?,7-/m0/s1. The maximum Gasteiger partial charge on any atom is 0.321 e. The van der Waals surface area contributed by atoms with E-state index in [1.807, 2.05) is 6.92 Å². The van der Waals surface area contributed by atoms with E-state index in [9.17, 15) is 9.59 Å². The maximum atomic E-state index is 11.0. The normalized spacial score (nSPS) is 15.7. The van der Waals surface area contributed by atoms with Gasteiger partial charge >= 0.3 is 11.9 Å². The third-order valence-electron chi connectivity index (χ3n) is 2.65. The molecule has 0 aliphatic heterocycles. The number of carbonyl (C=O) groups is 2. The molecule has 88 valence electrons. The first-order chi connectivity index (χ1) is 6.74. The Labute approximate surface area is 89.3 Å². The minimum atomic E-state index is -1.36. The van der Waals surface area contributed by atoms with Crippen molar-refractivity contribution < 1.29 is 19.8 Å². The summed E-state index contributed by atoms with van der Waals surface area (Å²) in [5, 5.41) is 17.8. The zero-order valence-electron chi connectivity index (χ0n) is 9.36. The summed E-state index contributed by atoms with van der Waals surface area (Å²) in [5.41, 5.74) is 4.78. The van der Waals surface area contributed by atoms with E-state index < -0.39 is 29.3 Å². The van der Waals surface area contributed by atoms with Crippen molar-refractivity contribution in [3.05, 3.63) is 0 Å². The Morgan fingerprint density at radius 2 is 1.73 bits per heavy atom. The number of aliphatic carboxylic acids is 2. The molecule has 0 aliphatic rings. The molecule has 4 N–H and O–H groups in total. The largest absolute Gasteiger partial charge is 0.481 e. The van der Waals surface area contributed by atoms with Gasteiger partial charge in [0, 0.05) is 0 Å². The fraction of sp³-hybridized carbons (Fsp3) is 0.800. The zero-order chi connectivity index (χ0) is 12.2. The quantitative estimate of drug-likeness (QED) is 0.614. The van der Waals surface area contributed by atoms with Crippen molar-refractivity contribution in [3.8, 4) is 0 Å². The van der Waals surface area contributed by atoms with Crippen LogP contribution in [-0.4, -0.2) is 28.2 Å². The molecule has 0 bridgehead atoms. The molecule has 1 unspecified atom stereocenters. The molecule has 5 heteroatoms. The first-order valence-electron chi connectivity index (χ1n) is 4.95. The second-order valence-electron chi connectivity index (χ2n) is 4.42. The van der Waals surface area contributed by atoms with Gasteiger partial charge in [-0.25, -0.2) is 0 Å². The lowest BCUT2D eigenvalue weighted by atomic mass is 9.72. The molecule has 0 heterocycles. The lowest BCUT2D eigenvalue weighted by Crippen LogP contribution is -2.49. The first kappa shape index (κ1) is 13.9. The predicted octanol–water partition coefficient (Wildman–Crippen LogP) is 0.925. The molecule has 0 amide bonds. The van der Waals surface area contributed by atoms with E-state index in [4.69, 9.17) is 15.9 Å². The van der Waals surface area contributed by atoms with Crippen molar-refractivity contribution in [2.45, 2.75) is 39.7 Å². The van der Waals surface area contributed by atoms with Crippen LogP contribution < -0.4 is 5.73 Å². The molecule has 0 saturated heterocycles. The smallest absolute Gasteiger partial charge is 0.321 e. The van der Waals surface area contributed by atoms with Crippen LogP contribution in [0.15, 0.2) is 0 Å². The molecule has 15 heavy (non-hydrogen) atoms. The van der Waals surface area contributed by atoms with Crippen LogP contribution in [0.25, 0.3) is 0 Å². The third kappa shape index (κ3) is 3.51. The van der Waals surface area contributed by atoms with Crippen LogP contribution in [0.3, 0.4) is 0 Å². The number of rotatable bonds is 6. The van der Waals surface area contributed by atoms with Gasteiger partial charge in [-0.3, -0.25) is 9.59 Å². The molecule has 0 aromatic rings. The average Bonchev–Trinajstić information content (AvgIpc) is 2.01. The van der Waals surface area contributed by atoms with Crippen LogP contribution in [0.1, 0.15) is 33.6 Å². The van der Waals surface area contributed by atoms with Crippen LogP contribution in [-0.2, 0) is 9.59 Å². The summed E-state index contributed by atoms with van der Waals surface area (Å²) in [7, 11) is 0. The first-order valence-corrected chi connectivity index (χ1v) is 4.95. The van der Waals surface area contributed by atoms with Gasteiger partial charge in [-0.1, -0.05) is 27.2 Å².